The first-order chi connectivity index (χ1) is 17.6. The Hall–Kier alpha value is -4.66. The minimum absolute atomic E-state index is 0.0331. The fraction of sp³-hybridized carbons (Fsp3) is 0.185. The first kappa shape index (κ1) is 23.1. The molecule has 0 aliphatic heterocycles. The van der Waals surface area contributed by atoms with Crippen LogP contribution in [0.5, 0.6) is 0 Å². The molecule has 0 bridgehead atoms. The van der Waals surface area contributed by atoms with E-state index in [2.05, 4.69) is 27.5 Å². The lowest BCUT2D eigenvalue weighted by Crippen LogP contribution is -2.27. The summed E-state index contributed by atoms with van der Waals surface area (Å²) in [5.74, 6) is 0.0265. The van der Waals surface area contributed by atoms with Crippen LogP contribution < -0.4 is 5.56 Å². The lowest BCUT2D eigenvalue weighted by molar-refractivity contribution is 0.0699. The van der Waals surface area contributed by atoms with Crippen LogP contribution in [0, 0.1) is 0 Å². The van der Waals surface area contributed by atoms with Crippen molar-refractivity contribution in [3.05, 3.63) is 94.0 Å². The van der Waals surface area contributed by atoms with Gasteiger partial charge in [-0.25, -0.2) is 9.78 Å². The summed E-state index contributed by atoms with van der Waals surface area (Å²) in [6.07, 6.45) is 2.47. The Balaban J connectivity index is 1.54. The molecule has 2 aromatic heterocycles. The Labute approximate surface area is 206 Å². The van der Waals surface area contributed by atoms with Gasteiger partial charge in [0.15, 0.2) is 0 Å². The molecule has 3 aromatic carbocycles. The average Bonchev–Trinajstić information content (AvgIpc) is 3.44. The average molecular weight is 481 g/mol. The van der Waals surface area contributed by atoms with Crippen molar-refractivity contribution in [1.29, 1.82) is 0 Å². The second-order valence-corrected chi connectivity index (χ2v) is 8.51. The molecule has 0 radical (unpaired) electrons. The SMILES string of the molecule is CCCCc1nc2cccc(C(=O)O)c2c(=O)n1Cc1ccc(-c2ccccc2-c2nn[nH]n2)cc1. The van der Waals surface area contributed by atoms with Crippen molar-refractivity contribution in [2.24, 2.45) is 0 Å². The number of tetrazole rings is 1. The van der Waals surface area contributed by atoms with Gasteiger partial charge in [0.25, 0.3) is 5.56 Å². The molecule has 2 N–H and O–H groups in total. The van der Waals surface area contributed by atoms with Crippen LogP contribution in [0.15, 0.2) is 71.5 Å². The molecule has 36 heavy (non-hydrogen) atoms. The number of nitrogens with zero attached hydrogens (tertiary/aromatic N) is 5. The summed E-state index contributed by atoms with van der Waals surface area (Å²) in [5.41, 5.74) is 3.74. The predicted molar refractivity (Wildman–Crippen MR) is 136 cm³/mol. The van der Waals surface area contributed by atoms with Crippen molar-refractivity contribution in [2.75, 3.05) is 0 Å². The van der Waals surface area contributed by atoms with Crippen molar-refractivity contribution in [3.63, 3.8) is 0 Å². The Kier molecular flexibility index (Phi) is 6.36. The van der Waals surface area contributed by atoms with E-state index in [0.29, 0.717) is 30.1 Å². The standard InChI is InChI=1S/C27H24N6O3/c1-2-3-11-23-28-22-10-6-9-21(27(35)36)24(22)26(34)33(23)16-17-12-14-18(15-13-17)19-7-4-5-8-20(19)25-29-31-32-30-25/h4-10,12-15H,2-3,11,16H2,1H3,(H,35,36)(H,29,30,31,32). The third-order valence-electron chi connectivity index (χ3n) is 6.17. The molecule has 5 rings (SSSR count). The van der Waals surface area contributed by atoms with E-state index in [1.165, 1.54) is 6.07 Å². The second-order valence-electron chi connectivity index (χ2n) is 8.51. The van der Waals surface area contributed by atoms with E-state index in [1.54, 1.807) is 16.7 Å². The number of carboxylic acid groups (broad SMARTS) is 1. The molecule has 9 heteroatoms. The van der Waals surface area contributed by atoms with Crippen LogP contribution in [0.4, 0.5) is 0 Å². The molecular weight excluding hydrogens is 456 g/mol. The van der Waals surface area contributed by atoms with Gasteiger partial charge in [0.2, 0.25) is 5.82 Å². The van der Waals surface area contributed by atoms with Gasteiger partial charge in [-0.05, 0) is 40.5 Å². The van der Waals surface area contributed by atoms with Crippen LogP contribution in [-0.2, 0) is 13.0 Å². The van der Waals surface area contributed by atoms with Gasteiger partial charge in [-0.15, -0.1) is 10.2 Å². The lowest BCUT2D eigenvalue weighted by Gasteiger charge is -2.15. The molecule has 9 nitrogen and oxygen atoms in total. The number of carboxylic acids is 1. The molecule has 5 aromatic rings. The summed E-state index contributed by atoms with van der Waals surface area (Å²) in [4.78, 5) is 30.0. The van der Waals surface area contributed by atoms with Crippen LogP contribution in [0.25, 0.3) is 33.4 Å². The molecule has 0 aliphatic rings. The van der Waals surface area contributed by atoms with E-state index in [-0.39, 0.29) is 16.5 Å². The highest BCUT2D eigenvalue weighted by atomic mass is 16.4. The molecule has 0 spiro atoms. The number of aryl methyl sites for hydroxylation is 1. The van der Waals surface area contributed by atoms with Crippen molar-refractivity contribution in [2.45, 2.75) is 32.7 Å². The van der Waals surface area contributed by atoms with Gasteiger partial charge in [-0.1, -0.05) is 67.9 Å². The highest BCUT2D eigenvalue weighted by molar-refractivity contribution is 6.02. The fourth-order valence-corrected chi connectivity index (χ4v) is 4.35. The van der Waals surface area contributed by atoms with E-state index in [4.69, 9.17) is 4.98 Å². The van der Waals surface area contributed by atoms with Crippen LogP contribution in [0.1, 0.15) is 41.5 Å². The summed E-state index contributed by atoms with van der Waals surface area (Å²) in [5, 5.41) is 24.1. The van der Waals surface area contributed by atoms with Gasteiger partial charge >= 0.3 is 5.97 Å². The van der Waals surface area contributed by atoms with Crippen LogP contribution in [-0.4, -0.2) is 41.3 Å². The number of hydrogen-bond acceptors (Lipinski definition) is 6. The summed E-state index contributed by atoms with van der Waals surface area (Å²) < 4.78 is 1.60. The predicted octanol–water partition coefficient (Wildman–Crippen LogP) is 4.33. The smallest absolute Gasteiger partial charge is 0.336 e. The van der Waals surface area contributed by atoms with Crippen molar-refractivity contribution in [1.82, 2.24) is 30.2 Å². The molecule has 180 valence electrons. The molecule has 0 saturated heterocycles. The molecular formula is C27H24N6O3. The van der Waals surface area contributed by atoms with Gasteiger partial charge in [0.1, 0.15) is 5.82 Å². The minimum Gasteiger partial charge on any atom is -0.478 e. The number of aromatic amines is 1. The second kappa shape index (κ2) is 9.91. The maximum Gasteiger partial charge on any atom is 0.336 e. The largest absolute Gasteiger partial charge is 0.478 e. The van der Waals surface area contributed by atoms with Crippen LogP contribution >= 0.6 is 0 Å². The van der Waals surface area contributed by atoms with E-state index in [1.807, 2.05) is 48.5 Å². The number of carbonyl (C=O) groups is 1. The first-order valence-electron chi connectivity index (χ1n) is 11.7. The topological polar surface area (TPSA) is 127 Å². The summed E-state index contributed by atoms with van der Waals surface area (Å²) in [6.45, 7) is 2.37. The molecule has 0 atom stereocenters. The summed E-state index contributed by atoms with van der Waals surface area (Å²) >= 11 is 0. The van der Waals surface area contributed by atoms with E-state index in [0.717, 1.165) is 35.1 Å². The molecule has 0 amide bonds. The quantitative estimate of drug-likeness (QED) is 0.338. The Bertz CT molecular complexity index is 1590. The molecule has 2 heterocycles. The zero-order valence-electron chi connectivity index (χ0n) is 19.7. The minimum atomic E-state index is -1.14. The van der Waals surface area contributed by atoms with Gasteiger partial charge in [-0.2, -0.15) is 5.21 Å². The Morgan fingerprint density at radius 3 is 2.47 bits per heavy atom. The summed E-state index contributed by atoms with van der Waals surface area (Å²) in [6, 6.07) is 20.5. The molecule has 0 fully saturated rings. The first-order valence-corrected chi connectivity index (χ1v) is 11.7. The zero-order chi connectivity index (χ0) is 25.1. The lowest BCUT2D eigenvalue weighted by atomic mass is 9.98. The number of unbranched alkanes of at least 4 members (excludes halogenated alkanes) is 1. The third kappa shape index (κ3) is 4.38. The number of rotatable bonds is 8. The summed E-state index contributed by atoms with van der Waals surface area (Å²) in [7, 11) is 0. The number of benzene rings is 3. The number of nitrogens with one attached hydrogen (secondary N) is 1. The monoisotopic (exact) mass is 480 g/mol. The number of aromatic nitrogens is 6. The fourth-order valence-electron chi connectivity index (χ4n) is 4.35. The van der Waals surface area contributed by atoms with Gasteiger partial charge < -0.3 is 5.11 Å². The third-order valence-corrected chi connectivity index (χ3v) is 6.17. The Morgan fingerprint density at radius 1 is 1.00 bits per heavy atom. The van der Waals surface area contributed by atoms with Crippen molar-refractivity contribution >= 4 is 16.9 Å². The maximum absolute atomic E-state index is 13.5. The van der Waals surface area contributed by atoms with E-state index in [9.17, 15) is 14.7 Å². The highest BCUT2D eigenvalue weighted by Gasteiger charge is 2.18. The number of H-pyrrole nitrogens is 1. The number of hydrogen-bond donors (Lipinski definition) is 2. The zero-order valence-corrected chi connectivity index (χ0v) is 19.7. The number of aromatic carboxylic acids is 1. The highest BCUT2D eigenvalue weighted by Crippen LogP contribution is 2.30. The normalized spacial score (nSPS) is 11.1. The van der Waals surface area contributed by atoms with Gasteiger partial charge in [0, 0.05) is 12.0 Å². The van der Waals surface area contributed by atoms with Gasteiger partial charge in [0.05, 0.1) is 23.0 Å². The number of fused-ring (bicyclic) bond motifs is 1. The van der Waals surface area contributed by atoms with Crippen molar-refractivity contribution < 1.29 is 9.90 Å². The molecule has 0 saturated carbocycles. The molecule has 0 aliphatic carbocycles. The van der Waals surface area contributed by atoms with E-state index >= 15 is 0 Å². The maximum atomic E-state index is 13.5. The van der Waals surface area contributed by atoms with E-state index < -0.39 is 5.97 Å². The van der Waals surface area contributed by atoms with Crippen LogP contribution in [0.3, 0.4) is 0 Å². The van der Waals surface area contributed by atoms with Crippen LogP contribution in [0.2, 0.25) is 0 Å². The molecule has 0 unspecified atom stereocenters. The van der Waals surface area contributed by atoms with Crippen molar-refractivity contribution in [3.8, 4) is 22.5 Å². The van der Waals surface area contributed by atoms with Gasteiger partial charge in [-0.3, -0.25) is 9.36 Å². The Morgan fingerprint density at radius 2 is 1.78 bits per heavy atom.